The minimum absolute atomic E-state index is 0.00204. The Labute approximate surface area is 290 Å². The van der Waals surface area contributed by atoms with Gasteiger partial charge in [-0.15, -0.1) is 0 Å². The molecule has 2 N–H and O–H groups in total. The van der Waals surface area contributed by atoms with Crippen LogP contribution < -0.4 is 5.32 Å². The quantitative estimate of drug-likeness (QED) is 0.0941. The summed E-state index contributed by atoms with van der Waals surface area (Å²) in [7, 11) is 0. The van der Waals surface area contributed by atoms with Crippen molar-refractivity contribution in [3.8, 4) is 0 Å². The Hall–Kier alpha value is -1.68. The van der Waals surface area contributed by atoms with Gasteiger partial charge in [0.2, 0.25) is 0 Å². The average Bonchev–Trinajstić information content (AvgIpc) is 3.40. The molecule has 0 heterocycles. The number of carbonyl (C=O) groups is 2. The van der Waals surface area contributed by atoms with Crippen LogP contribution in [0.25, 0.3) is 0 Å². The highest BCUT2D eigenvalue weighted by Gasteiger charge is 2.59. The number of carboxylic acids is 1. The predicted molar refractivity (Wildman–Crippen MR) is 187 cm³/mol. The van der Waals surface area contributed by atoms with Gasteiger partial charge in [0.1, 0.15) is 6.10 Å². The standard InChI is InChI=1S/C39H67NO8/c1-28(2)7-6-8-29(3)33-11-12-34-32-10-9-30-27-31(13-16-38(30,4)35(32)14-17-39(33,34)5)48-37(43)40-18-20-45-22-24-47-26-25-46-23-21-44-19-15-36(41)42/h9,28-29,31-35H,6-8,10-27H2,1-5H3,(H,40,43)(H,41,42)/t29-,31+,32+,33-,34+,35+,38+,39-/m1/s1. The summed E-state index contributed by atoms with van der Waals surface area (Å²) in [6.45, 7) is 16.0. The van der Waals surface area contributed by atoms with Gasteiger partial charge in [-0.05, 0) is 91.3 Å². The van der Waals surface area contributed by atoms with Crippen LogP contribution in [0.2, 0.25) is 0 Å². The lowest BCUT2D eigenvalue weighted by Crippen LogP contribution is -2.51. The van der Waals surface area contributed by atoms with Crippen molar-refractivity contribution >= 4 is 12.1 Å². The van der Waals surface area contributed by atoms with Crippen LogP contribution >= 0.6 is 0 Å². The molecule has 4 aliphatic rings. The summed E-state index contributed by atoms with van der Waals surface area (Å²) in [5.41, 5.74) is 2.31. The fraction of sp³-hybridized carbons (Fsp3) is 0.897. The van der Waals surface area contributed by atoms with E-state index in [1.165, 1.54) is 51.4 Å². The third-order valence-electron chi connectivity index (χ3n) is 12.6. The zero-order chi connectivity index (χ0) is 34.6. The van der Waals surface area contributed by atoms with E-state index in [-0.39, 0.29) is 30.6 Å². The summed E-state index contributed by atoms with van der Waals surface area (Å²) in [5, 5.41) is 11.4. The monoisotopic (exact) mass is 677 g/mol. The Morgan fingerprint density at radius 3 is 2.19 bits per heavy atom. The maximum Gasteiger partial charge on any atom is 0.407 e. The van der Waals surface area contributed by atoms with E-state index in [0.717, 1.165) is 54.8 Å². The summed E-state index contributed by atoms with van der Waals surface area (Å²) in [5.74, 6) is 4.11. The first-order valence-electron chi connectivity index (χ1n) is 19.2. The van der Waals surface area contributed by atoms with E-state index in [2.05, 4.69) is 46.0 Å². The van der Waals surface area contributed by atoms with Crippen LogP contribution in [0.5, 0.6) is 0 Å². The van der Waals surface area contributed by atoms with Crippen LogP contribution in [0.1, 0.15) is 112 Å². The summed E-state index contributed by atoms with van der Waals surface area (Å²) in [6, 6.07) is 0. The van der Waals surface area contributed by atoms with Gasteiger partial charge < -0.3 is 34.1 Å². The summed E-state index contributed by atoms with van der Waals surface area (Å²) in [6.07, 6.45) is 16.0. The van der Waals surface area contributed by atoms with E-state index in [0.29, 0.717) is 58.2 Å². The Bertz CT molecular complexity index is 1030. The van der Waals surface area contributed by atoms with Crippen molar-refractivity contribution < 1.29 is 38.4 Å². The second-order valence-electron chi connectivity index (χ2n) is 16.1. The molecule has 4 aliphatic carbocycles. The van der Waals surface area contributed by atoms with E-state index < -0.39 is 5.97 Å². The van der Waals surface area contributed by atoms with Crippen molar-refractivity contribution in [1.29, 1.82) is 0 Å². The maximum atomic E-state index is 12.6. The first-order valence-corrected chi connectivity index (χ1v) is 19.2. The van der Waals surface area contributed by atoms with Gasteiger partial charge in [0, 0.05) is 13.0 Å². The van der Waals surface area contributed by atoms with Gasteiger partial charge in [-0.3, -0.25) is 4.79 Å². The fourth-order valence-corrected chi connectivity index (χ4v) is 10.1. The fourth-order valence-electron chi connectivity index (χ4n) is 10.1. The number of alkyl carbamates (subject to hydrolysis) is 1. The molecule has 0 aromatic carbocycles. The molecule has 48 heavy (non-hydrogen) atoms. The molecule has 3 fully saturated rings. The van der Waals surface area contributed by atoms with Gasteiger partial charge in [-0.25, -0.2) is 4.79 Å². The van der Waals surface area contributed by atoms with Crippen LogP contribution in [-0.2, 0) is 28.5 Å². The smallest absolute Gasteiger partial charge is 0.407 e. The Morgan fingerprint density at radius 1 is 0.854 bits per heavy atom. The first-order chi connectivity index (χ1) is 23.0. The molecule has 276 valence electrons. The SMILES string of the molecule is CC(C)CCC[C@@H](C)[C@H]1CC[C@H]2[C@@H]3CC=C4C[C@@H](OC(=O)NCCOCCOCCOCCOCCC(=O)O)CC[C@]4(C)[C@H]3CC[C@]12C. The molecule has 0 spiro atoms. The molecule has 0 bridgehead atoms. The third kappa shape index (κ3) is 10.7. The van der Waals surface area contributed by atoms with Crippen molar-refractivity contribution in [1.82, 2.24) is 5.32 Å². The van der Waals surface area contributed by atoms with Crippen LogP contribution in [0, 0.1) is 46.3 Å². The topological polar surface area (TPSA) is 113 Å². The number of amides is 1. The molecule has 0 radical (unpaired) electrons. The molecular formula is C39H67NO8. The van der Waals surface area contributed by atoms with Crippen molar-refractivity contribution in [2.75, 3.05) is 59.4 Å². The molecule has 9 heteroatoms. The number of allylic oxidation sites excluding steroid dienone is 1. The second-order valence-corrected chi connectivity index (χ2v) is 16.1. The number of carbonyl (C=O) groups excluding carboxylic acids is 1. The van der Waals surface area contributed by atoms with Gasteiger partial charge in [0.25, 0.3) is 0 Å². The molecule has 1 amide bonds. The first kappa shape index (κ1) is 39.1. The molecule has 0 aromatic rings. The van der Waals surface area contributed by atoms with Gasteiger partial charge >= 0.3 is 12.1 Å². The van der Waals surface area contributed by atoms with Gasteiger partial charge in [-0.1, -0.05) is 65.5 Å². The van der Waals surface area contributed by atoms with E-state index >= 15 is 0 Å². The van der Waals surface area contributed by atoms with Crippen molar-refractivity contribution in [2.45, 2.75) is 118 Å². The highest BCUT2D eigenvalue weighted by atomic mass is 16.6. The minimum Gasteiger partial charge on any atom is -0.481 e. The van der Waals surface area contributed by atoms with Crippen molar-refractivity contribution in [2.24, 2.45) is 46.3 Å². The lowest BCUT2D eigenvalue weighted by atomic mass is 9.47. The van der Waals surface area contributed by atoms with Gasteiger partial charge in [-0.2, -0.15) is 0 Å². The Balaban J connectivity index is 1.09. The van der Waals surface area contributed by atoms with E-state index in [9.17, 15) is 9.59 Å². The Kier molecular flexibility index (Phi) is 15.5. The summed E-state index contributed by atoms with van der Waals surface area (Å²) >= 11 is 0. The zero-order valence-corrected chi connectivity index (χ0v) is 30.8. The number of aliphatic carboxylic acids is 1. The number of hydrogen-bond donors (Lipinski definition) is 2. The number of hydrogen-bond acceptors (Lipinski definition) is 7. The van der Waals surface area contributed by atoms with E-state index in [4.69, 9.17) is 28.8 Å². The van der Waals surface area contributed by atoms with Crippen molar-refractivity contribution in [3.05, 3.63) is 11.6 Å². The van der Waals surface area contributed by atoms with E-state index in [1.807, 2.05) is 0 Å². The predicted octanol–water partition coefficient (Wildman–Crippen LogP) is 7.66. The molecule has 3 saturated carbocycles. The van der Waals surface area contributed by atoms with Crippen molar-refractivity contribution in [3.63, 3.8) is 0 Å². The number of carboxylic acid groups (broad SMARTS) is 1. The average molecular weight is 678 g/mol. The van der Waals surface area contributed by atoms with E-state index in [1.54, 1.807) is 5.57 Å². The highest BCUT2D eigenvalue weighted by molar-refractivity contribution is 5.67. The molecule has 0 aromatic heterocycles. The summed E-state index contributed by atoms with van der Waals surface area (Å²) < 4.78 is 27.5. The molecule has 9 nitrogen and oxygen atoms in total. The van der Waals surface area contributed by atoms with Gasteiger partial charge in [0.15, 0.2) is 0 Å². The number of rotatable bonds is 21. The van der Waals surface area contributed by atoms with Crippen LogP contribution in [0.15, 0.2) is 11.6 Å². The molecule has 0 unspecified atom stereocenters. The summed E-state index contributed by atoms with van der Waals surface area (Å²) in [4.78, 5) is 23.0. The molecule has 8 atom stereocenters. The molecule has 0 aliphatic heterocycles. The second kappa shape index (κ2) is 19.1. The maximum absolute atomic E-state index is 12.6. The van der Waals surface area contributed by atoms with Crippen LogP contribution in [0.3, 0.4) is 0 Å². The third-order valence-corrected chi connectivity index (χ3v) is 12.6. The number of fused-ring (bicyclic) bond motifs is 5. The molecular weight excluding hydrogens is 610 g/mol. The lowest BCUT2D eigenvalue weighted by Gasteiger charge is -2.58. The molecule has 0 saturated heterocycles. The largest absolute Gasteiger partial charge is 0.481 e. The normalized spacial score (nSPS) is 31.8. The number of ether oxygens (including phenoxy) is 5. The highest BCUT2D eigenvalue weighted by Crippen LogP contribution is 2.67. The molecule has 4 rings (SSSR count). The number of nitrogens with one attached hydrogen (secondary N) is 1. The van der Waals surface area contributed by atoms with Crippen LogP contribution in [-0.4, -0.2) is 82.7 Å². The van der Waals surface area contributed by atoms with Gasteiger partial charge in [0.05, 0.1) is 59.3 Å². The van der Waals surface area contributed by atoms with Crippen LogP contribution in [0.4, 0.5) is 4.79 Å². The Morgan fingerprint density at radius 2 is 1.52 bits per heavy atom. The zero-order valence-electron chi connectivity index (χ0n) is 30.8. The lowest BCUT2D eigenvalue weighted by molar-refractivity contribution is -0.138. The minimum atomic E-state index is -0.871.